The molecule has 130 valence electrons. The molecule has 3 rings (SSSR count). The number of nitrogens with two attached hydrogens (primary N) is 1. The van der Waals surface area contributed by atoms with Gasteiger partial charge >= 0.3 is 0 Å². The van der Waals surface area contributed by atoms with Crippen molar-refractivity contribution in [2.24, 2.45) is 0 Å². The lowest BCUT2D eigenvalue weighted by molar-refractivity contribution is 0.102. The lowest BCUT2D eigenvalue weighted by Crippen LogP contribution is -2.15. The van der Waals surface area contributed by atoms with Gasteiger partial charge in [0.15, 0.2) is 9.84 Å². The average molecular weight is 379 g/mol. The number of nitrogens with one attached hydrogen (secondary N) is 2. The van der Waals surface area contributed by atoms with E-state index >= 15 is 0 Å². The van der Waals surface area contributed by atoms with Crippen LogP contribution in [-0.2, 0) is 9.84 Å². The van der Waals surface area contributed by atoms with Gasteiger partial charge in [0.1, 0.15) is 17.3 Å². The molecular formula is C16H15ClN4O3S. The molecule has 0 saturated carbocycles. The van der Waals surface area contributed by atoms with E-state index in [0.29, 0.717) is 10.7 Å². The average Bonchev–Trinajstić information content (AvgIpc) is 2.97. The number of nitrogen functional groups attached to an aromatic ring is 1. The lowest BCUT2D eigenvalue weighted by Gasteiger charge is -2.07. The van der Waals surface area contributed by atoms with Gasteiger partial charge < -0.3 is 16.0 Å². The van der Waals surface area contributed by atoms with Gasteiger partial charge in [-0.3, -0.25) is 4.79 Å². The van der Waals surface area contributed by atoms with Crippen molar-refractivity contribution < 1.29 is 13.2 Å². The first-order chi connectivity index (χ1) is 11.8. The molecule has 0 radical (unpaired) electrons. The Morgan fingerprint density at radius 1 is 1.28 bits per heavy atom. The van der Waals surface area contributed by atoms with Gasteiger partial charge in [-0.05, 0) is 36.4 Å². The zero-order chi connectivity index (χ0) is 18.2. The Bertz CT molecular complexity index is 1080. The highest BCUT2D eigenvalue weighted by atomic mass is 35.5. The number of sulfone groups is 1. The topological polar surface area (TPSA) is 118 Å². The monoisotopic (exact) mass is 378 g/mol. The van der Waals surface area contributed by atoms with Crippen molar-refractivity contribution in [1.29, 1.82) is 0 Å². The summed E-state index contributed by atoms with van der Waals surface area (Å²) in [4.78, 5) is 19.3. The van der Waals surface area contributed by atoms with Crippen LogP contribution >= 0.6 is 11.6 Å². The van der Waals surface area contributed by atoms with E-state index < -0.39 is 15.7 Å². The number of halogens is 1. The standard InChI is InChI=1S/C16H15ClN4O3S/c1-2-25(23,24)11-7-14(18)20-15(8-11)21-16(22)13-6-9-5-10(17)3-4-12(9)19-13/h3-8,19H,2H2,1H3,(H3,18,20,21,22). The summed E-state index contributed by atoms with van der Waals surface area (Å²) in [7, 11) is -3.46. The largest absolute Gasteiger partial charge is 0.384 e. The minimum Gasteiger partial charge on any atom is -0.384 e. The number of nitrogens with zero attached hydrogens (tertiary/aromatic N) is 1. The zero-order valence-corrected chi connectivity index (χ0v) is 14.8. The molecule has 0 unspecified atom stereocenters. The van der Waals surface area contributed by atoms with Crippen LogP contribution in [0.2, 0.25) is 5.02 Å². The second kappa shape index (κ2) is 6.38. The summed E-state index contributed by atoms with van der Waals surface area (Å²) >= 11 is 5.93. The van der Waals surface area contributed by atoms with Gasteiger partial charge in [-0.2, -0.15) is 0 Å². The summed E-state index contributed by atoms with van der Waals surface area (Å²) in [5.74, 6) is -0.473. The quantitative estimate of drug-likeness (QED) is 0.645. The van der Waals surface area contributed by atoms with Crippen LogP contribution in [0.1, 0.15) is 17.4 Å². The highest BCUT2D eigenvalue weighted by Gasteiger charge is 2.16. The molecule has 0 atom stereocenters. The minimum atomic E-state index is -3.46. The Morgan fingerprint density at radius 3 is 2.76 bits per heavy atom. The summed E-state index contributed by atoms with van der Waals surface area (Å²) in [5, 5.41) is 3.90. The zero-order valence-electron chi connectivity index (χ0n) is 13.2. The molecule has 1 aromatic carbocycles. The van der Waals surface area contributed by atoms with Crippen molar-refractivity contribution in [2.45, 2.75) is 11.8 Å². The van der Waals surface area contributed by atoms with Crippen molar-refractivity contribution in [2.75, 3.05) is 16.8 Å². The van der Waals surface area contributed by atoms with Gasteiger partial charge in [0.05, 0.1) is 10.6 Å². The van der Waals surface area contributed by atoms with Gasteiger partial charge in [0, 0.05) is 15.9 Å². The molecule has 0 fully saturated rings. The molecule has 0 aliphatic rings. The van der Waals surface area contributed by atoms with E-state index in [1.165, 1.54) is 19.1 Å². The fourth-order valence-electron chi connectivity index (χ4n) is 2.35. The number of rotatable bonds is 4. The number of aromatic amines is 1. The molecule has 2 aromatic heterocycles. The maximum absolute atomic E-state index is 12.4. The minimum absolute atomic E-state index is 0.00764. The molecule has 0 aliphatic carbocycles. The summed E-state index contributed by atoms with van der Waals surface area (Å²) in [6, 6.07) is 9.40. The molecular weight excluding hydrogens is 364 g/mol. The van der Waals surface area contributed by atoms with Gasteiger partial charge in [0.2, 0.25) is 0 Å². The van der Waals surface area contributed by atoms with Crippen molar-refractivity contribution in [3.63, 3.8) is 0 Å². The van der Waals surface area contributed by atoms with Crippen molar-refractivity contribution >= 4 is 49.9 Å². The lowest BCUT2D eigenvalue weighted by atomic mass is 10.2. The number of H-pyrrole nitrogens is 1. The van der Waals surface area contributed by atoms with Crippen LogP contribution in [0.25, 0.3) is 10.9 Å². The van der Waals surface area contributed by atoms with Crippen LogP contribution in [-0.4, -0.2) is 30.0 Å². The second-order valence-corrected chi connectivity index (χ2v) is 8.10. The molecule has 3 aromatic rings. The normalized spacial score (nSPS) is 11.6. The maximum atomic E-state index is 12.4. The first-order valence-corrected chi connectivity index (χ1v) is 9.41. The number of pyridine rings is 1. The molecule has 9 heteroatoms. The third-order valence-electron chi connectivity index (χ3n) is 3.63. The van der Waals surface area contributed by atoms with Gasteiger partial charge in [-0.15, -0.1) is 0 Å². The third-order valence-corrected chi connectivity index (χ3v) is 5.58. The Morgan fingerprint density at radius 2 is 2.04 bits per heavy atom. The van der Waals surface area contributed by atoms with Crippen molar-refractivity contribution in [3.8, 4) is 0 Å². The van der Waals surface area contributed by atoms with Gasteiger partial charge in [-0.1, -0.05) is 18.5 Å². The van der Waals surface area contributed by atoms with Crippen molar-refractivity contribution in [3.05, 3.63) is 47.1 Å². The first-order valence-electron chi connectivity index (χ1n) is 7.38. The van der Waals surface area contributed by atoms with Crippen LogP contribution in [0.5, 0.6) is 0 Å². The van der Waals surface area contributed by atoms with E-state index in [1.807, 2.05) is 0 Å². The number of carbonyl (C=O) groups excluding carboxylic acids is 1. The molecule has 0 aliphatic heterocycles. The second-order valence-electron chi connectivity index (χ2n) is 5.39. The van der Waals surface area contributed by atoms with E-state index in [0.717, 1.165) is 10.9 Å². The van der Waals surface area contributed by atoms with E-state index in [2.05, 4.69) is 15.3 Å². The molecule has 25 heavy (non-hydrogen) atoms. The summed E-state index contributed by atoms with van der Waals surface area (Å²) < 4.78 is 24.0. The number of aromatic nitrogens is 2. The van der Waals surface area contributed by atoms with E-state index in [1.54, 1.807) is 24.3 Å². The molecule has 0 bridgehead atoms. The number of carbonyl (C=O) groups is 1. The van der Waals surface area contributed by atoms with Crippen LogP contribution in [0.4, 0.5) is 11.6 Å². The Hall–Kier alpha value is -2.58. The Labute approximate surface area is 149 Å². The predicted molar refractivity (Wildman–Crippen MR) is 97.6 cm³/mol. The Balaban J connectivity index is 1.92. The first kappa shape index (κ1) is 17.2. The van der Waals surface area contributed by atoms with Crippen LogP contribution in [0, 0.1) is 0 Å². The number of amides is 1. The SMILES string of the molecule is CCS(=O)(=O)c1cc(N)nc(NC(=O)c2cc3cc(Cl)ccc3[nH]2)c1. The fourth-order valence-corrected chi connectivity index (χ4v) is 3.45. The summed E-state index contributed by atoms with van der Waals surface area (Å²) in [5.41, 5.74) is 6.70. The van der Waals surface area contributed by atoms with E-state index in [-0.39, 0.29) is 22.3 Å². The number of hydrogen-bond donors (Lipinski definition) is 3. The number of hydrogen-bond acceptors (Lipinski definition) is 5. The maximum Gasteiger partial charge on any atom is 0.273 e. The number of fused-ring (bicyclic) bond motifs is 1. The summed E-state index contributed by atoms with van der Waals surface area (Å²) in [6.45, 7) is 1.53. The van der Waals surface area contributed by atoms with Gasteiger partial charge in [-0.25, -0.2) is 13.4 Å². The highest BCUT2D eigenvalue weighted by Crippen LogP contribution is 2.22. The highest BCUT2D eigenvalue weighted by molar-refractivity contribution is 7.91. The molecule has 0 saturated heterocycles. The van der Waals surface area contributed by atoms with Crippen LogP contribution < -0.4 is 11.1 Å². The van der Waals surface area contributed by atoms with Crippen LogP contribution in [0.15, 0.2) is 41.3 Å². The Kier molecular flexibility index (Phi) is 4.40. The summed E-state index contributed by atoms with van der Waals surface area (Å²) in [6.07, 6.45) is 0. The molecule has 7 nitrogen and oxygen atoms in total. The molecule has 1 amide bonds. The fraction of sp³-hybridized carbons (Fsp3) is 0.125. The van der Waals surface area contributed by atoms with E-state index in [9.17, 15) is 13.2 Å². The number of benzene rings is 1. The van der Waals surface area contributed by atoms with E-state index in [4.69, 9.17) is 17.3 Å². The smallest absolute Gasteiger partial charge is 0.273 e. The molecule has 4 N–H and O–H groups in total. The van der Waals surface area contributed by atoms with Crippen LogP contribution in [0.3, 0.4) is 0 Å². The predicted octanol–water partition coefficient (Wildman–Crippen LogP) is 2.84. The third kappa shape index (κ3) is 3.59. The number of anilines is 2. The molecule has 2 heterocycles. The van der Waals surface area contributed by atoms with Crippen molar-refractivity contribution in [1.82, 2.24) is 9.97 Å². The van der Waals surface area contributed by atoms with Gasteiger partial charge in [0.25, 0.3) is 5.91 Å². The molecule has 0 spiro atoms.